The van der Waals surface area contributed by atoms with Crippen molar-refractivity contribution in [2.24, 2.45) is 0 Å². The van der Waals surface area contributed by atoms with E-state index in [-0.39, 0.29) is 12.1 Å². The van der Waals surface area contributed by atoms with Crippen molar-refractivity contribution >= 4 is 11.3 Å². The van der Waals surface area contributed by atoms with Gasteiger partial charge in [-0.15, -0.1) is 11.3 Å². The van der Waals surface area contributed by atoms with E-state index in [2.05, 4.69) is 36.5 Å². The zero-order chi connectivity index (χ0) is 11.3. The number of alkyl halides is 1. The largest absolute Gasteiger partial charge is 0.311 e. The topological polar surface area (TPSA) is 24.9 Å². The highest BCUT2D eigenvalue weighted by atomic mass is 32.1. The van der Waals surface area contributed by atoms with Crippen LogP contribution in [0.2, 0.25) is 0 Å². The molecule has 1 heterocycles. The molecular formula is C11H19FN2S. The molecule has 0 aromatic carbocycles. The van der Waals surface area contributed by atoms with Crippen LogP contribution in [-0.2, 0) is 12.0 Å². The summed E-state index contributed by atoms with van der Waals surface area (Å²) in [6.45, 7) is 7.69. The van der Waals surface area contributed by atoms with Gasteiger partial charge in [-0.1, -0.05) is 20.8 Å². The van der Waals surface area contributed by atoms with E-state index in [1.165, 1.54) is 0 Å². The number of thiazole rings is 1. The Morgan fingerprint density at radius 1 is 1.47 bits per heavy atom. The van der Waals surface area contributed by atoms with Gasteiger partial charge in [-0.25, -0.2) is 4.98 Å². The summed E-state index contributed by atoms with van der Waals surface area (Å²) in [6.07, 6.45) is 0.580. The molecule has 0 saturated heterocycles. The third-order valence-electron chi connectivity index (χ3n) is 1.99. The Kier molecular flexibility index (Phi) is 4.67. The molecule has 0 bridgehead atoms. The second-order valence-electron chi connectivity index (χ2n) is 4.61. The lowest BCUT2D eigenvalue weighted by Crippen LogP contribution is -2.16. The second-order valence-corrected chi connectivity index (χ2v) is 5.47. The summed E-state index contributed by atoms with van der Waals surface area (Å²) < 4.78 is 11.8. The van der Waals surface area contributed by atoms with Gasteiger partial charge in [0.1, 0.15) is 0 Å². The average molecular weight is 230 g/mol. The molecule has 0 aliphatic heterocycles. The Labute approximate surface area is 94.9 Å². The molecule has 1 aromatic rings. The number of hydrogen-bond donors (Lipinski definition) is 1. The van der Waals surface area contributed by atoms with Crippen molar-refractivity contribution < 1.29 is 4.39 Å². The van der Waals surface area contributed by atoms with E-state index in [1.807, 2.05) is 0 Å². The van der Waals surface area contributed by atoms with Crippen LogP contribution in [0.4, 0.5) is 4.39 Å². The van der Waals surface area contributed by atoms with E-state index in [4.69, 9.17) is 0 Å². The number of nitrogens with one attached hydrogen (secondary N) is 1. The van der Waals surface area contributed by atoms with Crippen molar-refractivity contribution in [1.82, 2.24) is 10.3 Å². The van der Waals surface area contributed by atoms with Gasteiger partial charge in [0, 0.05) is 17.3 Å². The molecule has 0 saturated carbocycles. The Morgan fingerprint density at radius 2 is 2.20 bits per heavy atom. The molecule has 0 aliphatic rings. The zero-order valence-electron chi connectivity index (χ0n) is 9.64. The monoisotopic (exact) mass is 230 g/mol. The minimum absolute atomic E-state index is 0.127. The number of nitrogens with zero attached hydrogens (tertiary/aromatic N) is 1. The van der Waals surface area contributed by atoms with Gasteiger partial charge >= 0.3 is 0 Å². The van der Waals surface area contributed by atoms with Gasteiger partial charge in [0.05, 0.1) is 17.4 Å². The molecular weight excluding hydrogens is 211 g/mol. The molecule has 0 fully saturated rings. The molecule has 0 amide bonds. The second kappa shape index (κ2) is 5.56. The fraction of sp³-hybridized carbons (Fsp3) is 0.727. The summed E-state index contributed by atoms with van der Waals surface area (Å²) in [4.78, 5) is 4.54. The SMILES string of the molecule is CC(C)(C)c1nc(CNCCCF)cs1. The minimum Gasteiger partial charge on any atom is -0.311 e. The fourth-order valence-electron chi connectivity index (χ4n) is 1.14. The lowest BCUT2D eigenvalue weighted by atomic mass is 9.98. The Morgan fingerprint density at radius 3 is 2.73 bits per heavy atom. The normalized spacial score (nSPS) is 12.0. The van der Waals surface area contributed by atoms with Gasteiger partial charge in [0.2, 0.25) is 0 Å². The van der Waals surface area contributed by atoms with Crippen LogP contribution < -0.4 is 5.32 Å². The van der Waals surface area contributed by atoms with Crippen molar-refractivity contribution in [3.63, 3.8) is 0 Å². The van der Waals surface area contributed by atoms with Gasteiger partial charge in [0.15, 0.2) is 0 Å². The first-order chi connectivity index (χ1) is 7.04. The Bertz CT molecular complexity index is 291. The standard InChI is InChI=1S/C11H19FN2S/c1-11(2,3)10-14-9(8-15-10)7-13-6-4-5-12/h8,13H,4-7H2,1-3H3. The van der Waals surface area contributed by atoms with Crippen LogP contribution in [0.5, 0.6) is 0 Å². The molecule has 0 radical (unpaired) electrons. The van der Waals surface area contributed by atoms with Gasteiger partial charge < -0.3 is 5.32 Å². The average Bonchev–Trinajstić information content (AvgIpc) is 2.60. The molecule has 0 atom stereocenters. The third kappa shape index (κ3) is 4.26. The van der Waals surface area contributed by atoms with Crippen molar-refractivity contribution in [2.75, 3.05) is 13.2 Å². The maximum atomic E-state index is 11.8. The molecule has 0 aliphatic carbocycles. The van der Waals surface area contributed by atoms with E-state index in [0.29, 0.717) is 6.42 Å². The third-order valence-corrected chi connectivity index (χ3v) is 3.30. The number of hydrogen-bond acceptors (Lipinski definition) is 3. The molecule has 86 valence electrons. The van der Waals surface area contributed by atoms with Crippen LogP contribution >= 0.6 is 11.3 Å². The fourth-order valence-corrected chi connectivity index (χ4v) is 2.05. The first kappa shape index (κ1) is 12.6. The number of halogens is 1. The van der Waals surface area contributed by atoms with Crippen LogP contribution in [0.25, 0.3) is 0 Å². The summed E-state index contributed by atoms with van der Waals surface area (Å²) >= 11 is 1.70. The number of aromatic nitrogens is 1. The van der Waals surface area contributed by atoms with Crippen LogP contribution in [0.15, 0.2) is 5.38 Å². The highest BCUT2D eigenvalue weighted by Gasteiger charge is 2.17. The molecule has 1 rings (SSSR count). The Balaban J connectivity index is 2.40. The lowest BCUT2D eigenvalue weighted by Gasteiger charge is -2.13. The van der Waals surface area contributed by atoms with Crippen molar-refractivity contribution in [1.29, 1.82) is 0 Å². The maximum Gasteiger partial charge on any atom is 0.0982 e. The van der Waals surface area contributed by atoms with E-state index < -0.39 is 0 Å². The maximum absolute atomic E-state index is 11.8. The summed E-state index contributed by atoms with van der Waals surface area (Å²) in [6, 6.07) is 0. The van der Waals surface area contributed by atoms with Gasteiger partial charge in [-0.3, -0.25) is 4.39 Å². The van der Waals surface area contributed by atoms with Crippen molar-refractivity contribution in [2.45, 2.75) is 39.2 Å². The van der Waals surface area contributed by atoms with E-state index in [0.717, 1.165) is 23.8 Å². The van der Waals surface area contributed by atoms with Crippen molar-refractivity contribution in [3.8, 4) is 0 Å². The van der Waals surface area contributed by atoms with Gasteiger partial charge in [-0.2, -0.15) is 0 Å². The van der Waals surface area contributed by atoms with Crippen LogP contribution in [0.3, 0.4) is 0 Å². The van der Waals surface area contributed by atoms with Gasteiger partial charge in [0.25, 0.3) is 0 Å². The lowest BCUT2D eigenvalue weighted by molar-refractivity contribution is 0.458. The first-order valence-electron chi connectivity index (χ1n) is 5.25. The Hall–Kier alpha value is -0.480. The molecule has 15 heavy (non-hydrogen) atoms. The van der Waals surface area contributed by atoms with Crippen LogP contribution in [0.1, 0.15) is 37.9 Å². The molecule has 0 spiro atoms. The summed E-state index contributed by atoms with van der Waals surface area (Å²) in [5.41, 5.74) is 1.19. The zero-order valence-corrected chi connectivity index (χ0v) is 10.5. The summed E-state index contributed by atoms with van der Waals surface area (Å²) in [5.74, 6) is 0. The molecule has 2 nitrogen and oxygen atoms in total. The van der Waals surface area contributed by atoms with Crippen molar-refractivity contribution in [3.05, 3.63) is 16.1 Å². The molecule has 1 aromatic heterocycles. The quantitative estimate of drug-likeness (QED) is 0.787. The number of rotatable bonds is 5. The summed E-state index contributed by atoms with van der Waals surface area (Å²) in [7, 11) is 0. The first-order valence-corrected chi connectivity index (χ1v) is 6.13. The highest BCUT2D eigenvalue weighted by Crippen LogP contribution is 2.25. The highest BCUT2D eigenvalue weighted by molar-refractivity contribution is 7.09. The molecule has 1 N–H and O–H groups in total. The van der Waals surface area contributed by atoms with E-state index in [1.54, 1.807) is 11.3 Å². The van der Waals surface area contributed by atoms with E-state index >= 15 is 0 Å². The smallest absolute Gasteiger partial charge is 0.0982 e. The summed E-state index contributed by atoms with van der Waals surface area (Å²) in [5, 5.41) is 6.40. The minimum atomic E-state index is -0.253. The predicted octanol–water partition coefficient (Wildman–Crippen LogP) is 2.89. The van der Waals surface area contributed by atoms with Gasteiger partial charge in [-0.05, 0) is 13.0 Å². The van der Waals surface area contributed by atoms with Crippen LogP contribution in [0, 0.1) is 0 Å². The molecule has 4 heteroatoms. The van der Waals surface area contributed by atoms with Crippen LogP contribution in [-0.4, -0.2) is 18.2 Å². The molecule has 0 unspecified atom stereocenters. The van der Waals surface area contributed by atoms with E-state index in [9.17, 15) is 4.39 Å². The predicted molar refractivity (Wildman–Crippen MR) is 63.1 cm³/mol.